The Morgan fingerprint density at radius 3 is 2.74 bits per heavy atom. The fourth-order valence-electron chi connectivity index (χ4n) is 2.00. The number of hydrogen-bond donors (Lipinski definition) is 2. The zero-order valence-electron chi connectivity index (χ0n) is 10.4. The highest BCUT2D eigenvalue weighted by Gasteiger charge is 2.28. The molecule has 19 heavy (non-hydrogen) atoms. The summed E-state index contributed by atoms with van der Waals surface area (Å²) in [4.78, 5) is 11.9. The topological polar surface area (TPSA) is 59.6 Å². The van der Waals surface area contributed by atoms with Crippen LogP contribution in [0.4, 0.5) is 0 Å². The van der Waals surface area contributed by atoms with Gasteiger partial charge in [-0.05, 0) is 12.1 Å². The molecule has 6 heteroatoms. The van der Waals surface area contributed by atoms with Crippen LogP contribution in [-0.2, 0) is 4.79 Å². The highest BCUT2D eigenvalue weighted by molar-refractivity contribution is 5.85. The van der Waals surface area contributed by atoms with Crippen LogP contribution < -0.4 is 20.1 Å². The van der Waals surface area contributed by atoms with Crippen LogP contribution in [0.15, 0.2) is 24.3 Å². The van der Waals surface area contributed by atoms with Crippen molar-refractivity contribution in [3.63, 3.8) is 0 Å². The average molecular weight is 285 g/mol. The van der Waals surface area contributed by atoms with Gasteiger partial charge in [0, 0.05) is 25.6 Å². The summed E-state index contributed by atoms with van der Waals surface area (Å²) >= 11 is 0. The van der Waals surface area contributed by atoms with Crippen LogP contribution in [0.5, 0.6) is 11.5 Å². The maximum Gasteiger partial charge on any atom is 0.264 e. The fourth-order valence-corrected chi connectivity index (χ4v) is 2.00. The van der Waals surface area contributed by atoms with Crippen molar-refractivity contribution < 1.29 is 14.3 Å². The van der Waals surface area contributed by atoms with E-state index in [1.807, 2.05) is 24.3 Å². The highest BCUT2D eigenvalue weighted by Crippen LogP contribution is 2.30. The fraction of sp³-hybridized carbons (Fsp3) is 0.462. The minimum Gasteiger partial charge on any atom is -0.485 e. The third-order valence-electron chi connectivity index (χ3n) is 3.23. The molecule has 1 aromatic rings. The number of amides is 1. The number of hydrogen-bond acceptors (Lipinski definition) is 4. The summed E-state index contributed by atoms with van der Waals surface area (Å²) < 4.78 is 11.1. The van der Waals surface area contributed by atoms with Crippen molar-refractivity contribution in [3.05, 3.63) is 24.3 Å². The summed E-state index contributed by atoms with van der Waals surface area (Å²) in [5.41, 5.74) is 0. The van der Waals surface area contributed by atoms with Crippen molar-refractivity contribution in [1.82, 2.24) is 10.6 Å². The van der Waals surface area contributed by atoms with Crippen molar-refractivity contribution in [2.24, 2.45) is 5.92 Å². The van der Waals surface area contributed by atoms with Crippen LogP contribution in [0.1, 0.15) is 0 Å². The molecule has 3 rings (SSSR count). The van der Waals surface area contributed by atoms with Gasteiger partial charge >= 0.3 is 0 Å². The van der Waals surface area contributed by atoms with Gasteiger partial charge < -0.3 is 20.1 Å². The number of para-hydroxylation sites is 2. The highest BCUT2D eigenvalue weighted by atomic mass is 35.5. The molecule has 2 aliphatic heterocycles. The summed E-state index contributed by atoms with van der Waals surface area (Å²) in [6, 6.07) is 7.39. The van der Waals surface area contributed by atoms with E-state index in [9.17, 15) is 4.79 Å². The predicted octanol–water partition coefficient (Wildman–Crippen LogP) is 0.584. The molecule has 0 bridgehead atoms. The Bertz CT molecular complexity index is 451. The number of halogens is 1. The van der Waals surface area contributed by atoms with Crippen molar-refractivity contribution in [2.45, 2.75) is 6.10 Å². The number of carbonyl (C=O) groups is 1. The molecule has 1 amide bonds. The number of benzene rings is 1. The van der Waals surface area contributed by atoms with Crippen LogP contribution in [-0.4, -0.2) is 38.3 Å². The van der Waals surface area contributed by atoms with Gasteiger partial charge in [0.15, 0.2) is 11.5 Å². The predicted molar refractivity (Wildman–Crippen MR) is 73.0 cm³/mol. The van der Waals surface area contributed by atoms with E-state index in [1.165, 1.54) is 0 Å². The first-order chi connectivity index (χ1) is 8.83. The summed E-state index contributed by atoms with van der Waals surface area (Å²) in [5, 5.41) is 6.07. The summed E-state index contributed by atoms with van der Waals surface area (Å²) in [6.07, 6.45) is -0.548. The Hall–Kier alpha value is -1.46. The third kappa shape index (κ3) is 3.11. The summed E-state index contributed by atoms with van der Waals surface area (Å²) in [7, 11) is 0. The zero-order valence-corrected chi connectivity index (χ0v) is 11.2. The first kappa shape index (κ1) is 14.0. The monoisotopic (exact) mass is 284 g/mol. The van der Waals surface area contributed by atoms with Crippen LogP contribution >= 0.6 is 12.4 Å². The van der Waals surface area contributed by atoms with Gasteiger partial charge in [0.25, 0.3) is 5.91 Å². The largest absolute Gasteiger partial charge is 0.485 e. The molecular formula is C13H17ClN2O3. The van der Waals surface area contributed by atoms with Gasteiger partial charge in [0.1, 0.15) is 6.61 Å². The number of rotatable bonds is 3. The van der Waals surface area contributed by atoms with Crippen molar-refractivity contribution >= 4 is 18.3 Å². The van der Waals surface area contributed by atoms with E-state index in [1.54, 1.807) is 0 Å². The lowest BCUT2D eigenvalue weighted by molar-refractivity contribution is -0.130. The average Bonchev–Trinajstić information content (AvgIpc) is 2.36. The molecule has 1 saturated heterocycles. The molecule has 0 saturated carbocycles. The van der Waals surface area contributed by atoms with Gasteiger partial charge in [-0.1, -0.05) is 12.1 Å². The second kappa shape index (κ2) is 6.12. The Labute approximate surface area is 118 Å². The van der Waals surface area contributed by atoms with Gasteiger partial charge in [0.2, 0.25) is 6.10 Å². The quantitative estimate of drug-likeness (QED) is 0.853. The molecule has 1 atom stereocenters. The van der Waals surface area contributed by atoms with E-state index in [-0.39, 0.29) is 24.9 Å². The Kier molecular flexibility index (Phi) is 4.50. The van der Waals surface area contributed by atoms with Gasteiger partial charge in [-0.2, -0.15) is 0 Å². The number of ether oxygens (including phenoxy) is 2. The lowest BCUT2D eigenvalue weighted by Crippen LogP contribution is -2.51. The zero-order chi connectivity index (χ0) is 12.4. The van der Waals surface area contributed by atoms with Gasteiger partial charge in [-0.15, -0.1) is 12.4 Å². The van der Waals surface area contributed by atoms with Gasteiger partial charge in [-0.3, -0.25) is 4.79 Å². The third-order valence-corrected chi connectivity index (χ3v) is 3.23. The van der Waals surface area contributed by atoms with E-state index in [0.29, 0.717) is 24.0 Å². The first-order valence-corrected chi connectivity index (χ1v) is 6.20. The molecule has 1 aromatic carbocycles. The minimum atomic E-state index is -0.548. The Morgan fingerprint density at radius 2 is 2.05 bits per heavy atom. The number of nitrogens with one attached hydrogen (secondary N) is 2. The van der Waals surface area contributed by atoms with Gasteiger partial charge in [-0.25, -0.2) is 0 Å². The molecule has 0 aliphatic carbocycles. The normalized spacial score (nSPS) is 20.9. The van der Waals surface area contributed by atoms with Crippen LogP contribution in [0.3, 0.4) is 0 Å². The second-order valence-corrected chi connectivity index (χ2v) is 4.63. The maximum absolute atomic E-state index is 11.9. The van der Waals surface area contributed by atoms with Crippen LogP contribution in [0, 0.1) is 5.92 Å². The molecular weight excluding hydrogens is 268 g/mol. The molecule has 5 nitrogen and oxygen atoms in total. The molecule has 2 N–H and O–H groups in total. The van der Waals surface area contributed by atoms with Crippen molar-refractivity contribution in [2.75, 3.05) is 26.2 Å². The Balaban J connectivity index is 0.00000133. The van der Waals surface area contributed by atoms with E-state index >= 15 is 0 Å². The summed E-state index contributed by atoms with van der Waals surface area (Å²) in [6.45, 7) is 2.93. The smallest absolute Gasteiger partial charge is 0.264 e. The first-order valence-electron chi connectivity index (χ1n) is 6.20. The van der Waals surface area contributed by atoms with E-state index in [0.717, 1.165) is 13.1 Å². The van der Waals surface area contributed by atoms with Crippen LogP contribution in [0.2, 0.25) is 0 Å². The van der Waals surface area contributed by atoms with E-state index in [2.05, 4.69) is 10.6 Å². The maximum atomic E-state index is 11.9. The van der Waals surface area contributed by atoms with Crippen LogP contribution in [0.25, 0.3) is 0 Å². The molecule has 104 valence electrons. The van der Waals surface area contributed by atoms with Crippen molar-refractivity contribution in [1.29, 1.82) is 0 Å². The lowest BCUT2D eigenvalue weighted by Gasteiger charge is -2.29. The van der Waals surface area contributed by atoms with E-state index in [4.69, 9.17) is 9.47 Å². The standard InChI is InChI=1S/C13H16N2O3.ClH/c16-13(15-7-9-5-14-6-9)12-8-17-10-3-1-2-4-11(10)18-12;/h1-4,9,12,14H,5-8H2,(H,15,16);1H. The molecule has 2 aliphatic rings. The van der Waals surface area contributed by atoms with Crippen molar-refractivity contribution in [3.8, 4) is 11.5 Å². The molecule has 2 heterocycles. The summed E-state index contributed by atoms with van der Waals surface area (Å²) in [5.74, 6) is 1.78. The Morgan fingerprint density at radius 1 is 1.32 bits per heavy atom. The molecule has 1 fully saturated rings. The minimum absolute atomic E-state index is 0. The van der Waals surface area contributed by atoms with Gasteiger partial charge in [0.05, 0.1) is 0 Å². The lowest BCUT2D eigenvalue weighted by atomic mass is 10.0. The number of carbonyl (C=O) groups excluding carboxylic acids is 1. The molecule has 0 spiro atoms. The molecule has 1 unspecified atom stereocenters. The second-order valence-electron chi connectivity index (χ2n) is 4.63. The molecule has 0 aromatic heterocycles. The molecule has 0 radical (unpaired) electrons. The SMILES string of the molecule is Cl.O=C(NCC1CNC1)C1COc2ccccc2O1. The van der Waals surface area contributed by atoms with E-state index < -0.39 is 6.10 Å². The number of fused-ring (bicyclic) bond motifs is 1.